The maximum Gasteiger partial charge on any atom is 0.238 e. The molecule has 128 valence electrons. The molecule has 0 heterocycles. The number of benzene rings is 1. The number of anilines is 1. The first-order valence-electron chi connectivity index (χ1n) is 9.17. The molecule has 0 unspecified atom stereocenters. The molecule has 5 rings (SSSR count). The molecule has 0 aromatic heterocycles. The lowest BCUT2D eigenvalue weighted by Crippen LogP contribution is -2.59. The smallest absolute Gasteiger partial charge is 0.238 e. The van der Waals surface area contributed by atoms with Gasteiger partial charge < -0.3 is 10.6 Å². The van der Waals surface area contributed by atoms with E-state index in [1.54, 1.807) is 31.2 Å². The SMILES string of the molecule is CC(=O)c1ccc(NC(=O)CNC23CC4CC(CC(C4)C2)C3)cc1. The largest absolute Gasteiger partial charge is 0.325 e. The Morgan fingerprint density at radius 1 is 1.00 bits per heavy atom. The summed E-state index contributed by atoms with van der Waals surface area (Å²) in [6.07, 6.45) is 7.99. The van der Waals surface area contributed by atoms with Crippen molar-refractivity contribution in [3.8, 4) is 0 Å². The maximum atomic E-state index is 12.3. The van der Waals surface area contributed by atoms with Crippen LogP contribution in [0.15, 0.2) is 24.3 Å². The van der Waals surface area contributed by atoms with Gasteiger partial charge in [0.1, 0.15) is 0 Å². The normalized spacial score (nSPS) is 33.5. The molecule has 4 saturated carbocycles. The van der Waals surface area contributed by atoms with Crippen LogP contribution in [0.2, 0.25) is 0 Å². The summed E-state index contributed by atoms with van der Waals surface area (Å²) in [6.45, 7) is 1.92. The third-order valence-corrected chi connectivity index (χ3v) is 6.24. The molecule has 0 radical (unpaired) electrons. The fourth-order valence-corrected chi connectivity index (χ4v) is 5.59. The molecule has 1 aromatic carbocycles. The van der Waals surface area contributed by atoms with E-state index in [1.807, 2.05) is 0 Å². The van der Waals surface area contributed by atoms with E-state index in [1.165, 1.54) is 38.5 Å². The van der Waals surface area contributed by atoms with Gasteiger partial charge in [0, 0.05) is 16.8 Å². The standard InChI is InChI=1S/C20H26N2O2/c1-13(23)17-2-4-18(5-3-17)22-19(24)12-21-20-9-14-6-15(10-20)8-16(7-14)11-20/h2-5,14-16,21H,6-12H2,1H3,(H,22,24). The van der Waals surface area contributed by atoms with Crippen LogP contribution in [0.4, 0.5) is 5.69 Å². The Hall–Kier alpha value is -1.68. The molecule has 4 bridgehead atoms. The van der Waals surface area contributed by atoms with Gasteiger partial charge in [-0.3, -0.25) is 9.59 Å². The number of hydrogen-bond donors (Lipinski definition) is 2. The van der Waals surface area contributed by atoms with Gasteiger partial charge in [-0.15, -0.1) is 0 Å². The topological polar surface area (TPSA) is 58.2 Å². The van der Waals surface area contributed by atoms with E-state index in [0.717, 1.165) is 23.4 Å². The summed E-state index contributed by atoms with van der Waals surface area (Å²) in [6, 6.07) is 7.09. The number of ketones is 1. The van der Waals surface area contributed by atoms with Crippen molar-refractivity contribution in [3.05, 3.63) is 29.8 Å². The Balaban J connectivity index is 1.33. The fourth-order valence-electron chi connectivity index (χ4n) is 5.59. The molecule has 0 spiro atoms. The summed E-state index contributed by atoms with van der Waals surface area (Å²) in [5.74, 6) is 2.68. The lowest BCUT2D eigenvalue weighted by Gasteiger charge is -2.57. The first-order chi connectivity index (χ1) is 11.5. The number of carbonyl (C=O) groups excluding carboxylic acids is 2. The maximum absolute atomic E-state index is 12.3. The zero-order valence-electron chi connectivity index (χ0n) is 14.3. The minimum Gasteiger partial charge on any atom is -0.325 e. The minimum atomic E-state index is 0.00122. The quantitative estimate of drug-likeness (QED) is 0.816. The monoisotopic (exact) mass is 326 g/mol. The highest BCUT2D eigenvalue weighted by atomic mass is 16.2. The lowest BCUT2D eigenvalue weighted by molar-refractivity contribution is -0.116. The molecule has 4 fully saturated rings. The Morgan fingerprint density at radius 3 is 2.04 bits per heavy atom. The van der Waals surface area contributed by atoms with Gasteiger partial charge >= 0.3 is 0 Å². The molecule has 1 amide bonds. The summed E-state index contributed by atoms with van der Waals surface area (Å²) >= 11 is 0. The molecule has 0 atom stereocenters. The molecule has 4 aliphatic rings. The average Bonchev–Trinajstić information content (AvgIpc) is 2.52. The van der Waals surface area contributed by atoms with E-state index in [-0.39, 0.29) is 17.2 Å². The lowest BCUT2D eigenvalue weighted by atomic mass is 9.53. The van der Waals surface area contributed by atoms with E-state index in [4.69, 9.17) is 0 Å². The number of amides is 1. The van der Waals surface area contributed by atoms with Crippen LogP contribution < -0.4 is 10.6 Å². The molecular formula is C20H26N2O2. The van der Waals surface area contributed by atoms with E-state index in [9.17, 15) is 9.59 Å². The predicted molar refractivity (Wildman–Crippen MR) is 94.0 cm³/mol. The average molecular weight is 326 g/mol. The van der Waals surface area contributed by atoms with Gasteiger partial charge in [0.25, 0.3) is 0 Å². The molecule has 0 aliphatic heterocycles. The van der Waals surface area contributed by atoms with Crippen LogP contribution in [0.3, 0.4) is 0 Å². The molecule has 1 aromatic rings. The second-order valence-electron chi connectivity index (χ2n) is 8.23. The third-order valence-electron chi connectivity index (χ3n) is 6.24. The first-order valence-corrected chi connectivity index (χ1v) is 9.17. The van der Waals surface area contributed by atoms with Crippen molar-refractivity contribution in [3.63, 3.8) is 0 Å². The van der Waals surface area contributed by atoms with E-state index in [2.05, 4.69) is 10.6 Å². The van der Waals surface area contributed by atoms with Crippen molar-refractivity contribution >= 4 is 17.4 Å². The van der Waals surface area contributed by atoms with Crippen LogP contribution in [0.25, 0.3) is 0 Å². The molecule has 4 heteroatoms. The van der Waals surface area contributed by atoms with Gasteiger partial charge in [-0.25, -0.2) is 0 Å². The summed E-state index contributed by atoms with van der Waals surface area (Å²) in [4.78, 5) is 23.6. The Morgan fingerprint density at radius 2 is 1.54 bits per heavy atom. The fraction of sp³-hybridized carbons (Fsp3) is 0.600. The summed E-state index contributed by atoms with van der Waals surface area (Å²) < 4.78 is 0. The van der Waals surface area contributed by atoms with Crippen LogP contribution in [-0.2, 0) is 4.79 Å². The molecule has 0 saturated heterocycles. The van der Waals surface area contributed by atoms with E-state index in [0.29, 0.717) is 12.1 Å². The van der Waals surface area contributed by atoms with Crippen LogP contribution in [0.5, 0.6) is 0 Å². The van der Waals surface area contributed by atoms with E-state index < -0.39 is 0 Å². The summed E-state index contributed by atoms with van der Waals surface area (Å²) in [7, 11) is 0. The molecule has 24 heavy (non-hydrogen) atoms. The molecule has 4 nitrogen and oxygen atoms in total. The highest BCUT2D eigenvalue weighted by molar-refractivity contribution is 5.96. The van der Waals surface area contributed by atoms with Crippen molar-refractivity contribution in [1.29, 1.82) is 0 Å². The molecule has 2 N–H and O–H groups in total. The minimum absolute atomic E-state index is 0.00122. The van der Waals surface area contributed by atoms with Gasteiger partial charge in [-0.05, 0) is 87.5 Å². The summed E-state index contributed by atoms with van der Waals surface area (Å²) in [5, 5.41) is 6.54. The first kappa shape index (κ1) is 15.8. The van der Waals surface area contributed by atoms with Crippen molar-refractivity contribution < 1.29 is 9.59 Å². The Labute approximate surface area is 143 Å². The zero-order valence-corrected chi connectivity index (χ0v) is 14.3. The zero-order chi connectivity index (χ0) is 16.7. The summed E-state index contributed by atoms with van der Waals surface area (Å²) in [5.41, 5.74) is 1.63. The highest BCUT2D eigenvalue weighted by Gasteiger charge is 2.50. The van der Waals surface area contributed by atoms with Crippen molar-refractivity contribution in [2.24, 2.45) is 17.8 Å². The van der Waals surface area contributed by atoms with Crippen LogP contribution in [0, 0.1) is 17.8 Å². The van der Waals surface area contributed by atoms with Crippen molar-refractivity contribution in [2.45, 2.75) is 51.0 Å². The van der Waals surface area contributed by atoms with Crippen molar-refractivity contribution in [2.75, 3.05) is 11.9 Å². The second kappa shape index (κ2) is 5.99. The third kappa shape index (κ3) is 3.12. The second-order valence-corrected chi connectivity index (χ2v) is 8.23. The molecular weight excluding hydrogens is 300 g/mol. The van der Waals surface area contributed by atoms with Crippen LogP contribution in [-0.4, -0.2) is 23.8 Å². The highest BCUT2D eigenvalue weighted by Crippen LogP contribution is 2.55. The van der Waals surface area contributed by atoms with E-state index >= 15 is 0 Å². The van der Waals surface area contributed by atoms with Gasteiger partial charge in [-0.1, -0.05) is 0 Å². The molecule has 4 aliphatic carbocycles. The van der Waals surface area contributed by atoms with Crippen molar-refractivity contribution in [1.82, 2.24) is 5.32 Å². The number of carbonyl (C=O) groups is 2. The number of hydrogen-bond acceptors (Lipinski definition) is 3. The number of nitrogens with one attached hydrogen (secondary N) is 2. The number of Topliss-reactive ketones (excluding diaryl/α,β-unsaturated/α-hetero) is 1. The Kier molecular flexibility index (Phi) is 3.95. The van der Waals surface area contributed by atoms with Gasteiger partial charge in [-0.2, -0.15) is 0 Å². The van der Waals surface area contributed by atoms with Crippen LogP contribution in [0.1, 0.15) is 55.8 Å². The van der Waals surface area contributed by atoms with Gasteiger partial charge in [0.2, 0.25) is 5.91 Å². The van der Waals surface area contributed by atoms with Gasteiger partial charge in [0.05, 0.1) is 6.54 Å². The van der Waals surface area contributed by atoms with Crippen LogP contribution >= 0.6 is 0 Å². The Bertz CT molecular complexity index is 615. The van der Waals surface area contributed by atoms with Gasteiger partial charge in [0.15, 0.2) is 5.78 Å². The number of rotatable bonds is 5. The predicted octanol–water partition coefficient (Wildman–Crippen LogP) is 3.39.